The molecule has 0 aromatic heterocycles. The van der Waals surface area contributed by atoms with Gasteiger partial charge in [0.05, 0.1) is 0 Å². The lowest BCUT2D eigenvalue weighted by atomic mass is 9.95. The number of rotatable bonds is 7. The van der Waals surface area contributed by atoms with Crippen LogP contribution in [0.2, 0.25) is 5.02 Å². The first-order valence-electron chi connectivity index (χ1n) is 6.26. The fourth-order valence-corrected chi connectivity index (χ4v) is 2.24. The summed E-state index contributed by atoms with van der Waals surface area (Å²) in [5, 5.41) is 4.04. The zero-order valence-electron chi connectivity index (χ0n) is 10.9. The molecule has 2 nitrogen and oxygen atoms in total. The van der Waals surface area contributed by atoms with Gasteiger partial charge in [-0.05, 0) is 31.2 Å². The molecule has 0 saturated heterocycles. The number of benzene rings is 1. The number of halogens is 1. The molecule has 0 aliphatic rings. The van der Waals surface area contributed by atoms with Gasteiger partial charge in [0, 0.05) is 11.1 Å². The van der Waals surface area contributed by atoms with Crippen LogP contribution in [-0.2, 0) is 0 Å². The summed E-state index contributed by atoms with van der Waals surface area (Å²) in [6.07, 6.45) is 2.34. The zero-order valence-corrected chi connectivity index (χ0v) is 11.6. The van der Waals surface area contributed by atoms with E-state index in [2.05, 4.69) is 19.2 Å². The van der Waals surface area contributed by atoms with Crippen LogP contribution in [0, 0.1) is 5.92 Å². The predicted octanol–water partition coefficient (Wildman–Crippen LogP) is 3.74. The van der Waals surface area contributed by atoms with Crippen molar-refractivity contribution in [2.75, 3.05) is 13.7 Å². The molecule has 1 rings (SSSR count). The standard InChI is InChI=1S/C14H22ClNO/c1-4-11(5-2)14(16-3)10-17-13-8-6-7-12(15)9-13/h6-9,11,14,16H,4-5,10H2,1-3H3. The average Bonchev–Trinajstić information content (AvgIpc) is 2.34. The molecule has 0 amide bonds. The van der Waals surface area contributed by atoms with E-state index in [-0.39, 0.29) is 0 Å². The van der Waals surface area contributed by atoms with Crippen LogP contribution in [0.3, 0.4) is 0 Å². The van der Waals surface area contributed by atoms with Gasteiger partial charge in [0.1, 0.15) is 12.4 Å². The molecule has 0 aliphatic carbocycles. The Morgan fingerprint density at radius 3 is 2.53 bits per heavy atom. The van der Waals surface area contributed by atoms with Crippen molar-refractivity contribution in [1.82, 2.24) is 5.32 Å². The van der Waals surface area contributed by atoms with Gasteiger partial charge in [-0.25, -0.2) is 0 Å². The second kappa shape index (κ2) is 7.57. The van der Waals surface area contributed by atoms with Gasteiger partial charge in [-0.15, -0.1) is 0 Å². The SMILES string of the molecule is CCC(CC)C(COc1cccc(Cl)c1)NC. The first-order chi connectivity index (χ1) is 8.21. The zero-order chi connectivity index (χ0) is 12.7. The Morgan fingerprint density at radius 2 is 2.00 bits per heavy atom. The van der Waals surface area contributed by atoms with Crippen LogP contribution in [-0.4, -0.2) is 19.7 Å². The van der Waals surface area contributed by atoms with Crippen molar-refractivity contribution in [3.05, 3.63) is 29.3 Å². The highest BCUT2D eigenvalue weighted by Crippen LogP contribution is 2.19. The number of likely N-dealkylation sites (N-methyl/N-ethyl adjacent to an activating group) is 1. The topological polar surface area (TPSA) is 21.3 Å². The number of hydrogen-bond donors (Lipinski definition) is 1. The summed E-state index contributed by atoms with van der Waals surface area (Å²) in [6.45, 7) is 5.12. The Morgan fingerprint density at radius 1 is 1.29 bits per heavy atom. The molecule has 0 radical (unpaired) electrons. The van der Waals surface area contributed by atoms with Gasteiger partial charge in [0.15, 0.2) is 0 Å². The van der Waals surface area contributed by atoms with Crippen LogP contribution >= 0.6 is 11.6 Å². The third-order valence-electron chi connectivity index (χ3n) is 3.21. The maximum Gasteiger partial charge on any atom is 0.120 e. The average molecular weight is 256 g/mol. The van der Waals surface area contributed by atoms with E-state index >= 15 is 0 Å². The number of ether oxygens (including phenoxy) is 1. The van der Waals surface area contributed by atoms with Gasteiger partial charge in [0.2, 0.25) is 0 Å². The van der Waals surface area contributed by atoms with Crippen LogP contribution in [0.15, 0.2) is 24.3 Å². The molecule has 96 valence electrons. The second-order valence-electron chi connectivity index (χ2n) is 4.24. The Labute approximate surface area is 109 Å². The summed E-state index contributed by atoms with van der Waals surface area (Å²) in [7, 11) is 1.99. The quantitative estimate of drug-likeness (QED) is 0.801. The molecule has 17 heavy (non-hydrogen) atoms. The summed E-state index contributed by atoms with van der Waals surface area (Å²) in [4.78, 5) is 0. The Hall–Kier alpha value is -0.730. The number of hydrogen-bond acceptors (Lipinski definition) is 2. The van der Waals surface area contributed by atoms with Crippen molar-refractivity contribution in [3.63, 3.8) is 0 Å². The van der Waals surface area contributed by atoms with E-state index in [9.17, 15) is 0 Å². The number of nitrogens with one attached hydrogen (secondary N) is 1. The summed E-state index contributed by atoms with van der Waals surface area (Å²) < 4.78 is 5.78. The molecule has 0 saturated carbocycles. The van der Waals surface area contributed by atoms with Crippen LogP contribution in [0.4, 0.5) is 0 Å². The molecule has 1 N–H and O–H groups in total. The maximum atomic E-state index is 5.92. The Kier molecular flexibility index (Phi) is 6.38. The highest BCUT2D eigenvalue weighted by molar-refractivity contribution is 6.30. The minimum Gasteiger partial charge on any atom is -0.492 e. The van der Waals surface area contributed by atoms with Crippen molar-refractivity contribution in [2.24, 2.45) is 5.92 Å². The van der Waals surface area contributed by atoms with Gasteiger partial charge in [-0.3, -0.25) is 0 Å². The highest BCUT2D eigenvalue weighted by Gasteiger charge is 2.17. The predicted molar refractivity (Wildman–Crippen MR) is 73.9 cm³/mol. The molecule has 1 aromatic rings. The monoisotopic (exact) mass is 255 g/mol. The summed E-state index contributed by atoms with van der Waals surface area (Å²) in [5.41, 5.74) is 0. The largest absolute Gasteiger partial charge is 0.492 e. The van der Waals surface area contributed by atoms with Crippen LogP contribution in [0.25, 0.3) is 0 Å². The van der Waals surface area contributed by atoms with E-state index in [1.54, 1.807) is 0 Å². The molecule has 3 heteroatoms. The maximum absolute atomic E-state index is 5.92. The summed E-state index contributed by atoms with van der Waals surface area (Å²) >= 11 is 5.92. The molecule has 0 fully saturated rings. The first kappa shape index (κ1) is 14.3. The molecule has 0 bridgehead atoms. The van der Waals surface area contributed by atoms with Crippen LogP contribution < -0.4 is 10.1 Å². The molecule has 1 aromatic carbocycles. The molecule has 0 aliphatic heterocycles. The first-order valence-corrected chi connectivity index (χ1v) is 6.64. The Bertz CT molecular complexity index is 326. The third kappa shape index (κ3) is 4.57. The van der Waals surface area contributed by atoms with Crippen molar-refractivity contribution in [3.8, 4) is 5.75 Å². The molecule has 1 atom stereocenters. The molecule has 0 heterocycles. The molecular formula is C14H22ClNO. The van der Waals surface area contributed by atoms with E-state index < -0.39 is 0 Å². The molecule has 0 spiro atoms. The lowest BCUT2D eigenvalue weighted by Crippen LogP contribution is -2.38. The van der Waals surface area contributed by atoms with Gasteiger partial charge >= 0.3 is 0 Å². The summed E-state index contributed by atoms with van der Waals surface area (Å²) in [5.74, 6) is 1.49. The van der Waals surface area contributed by atoms with E-state index in [1.807, 2.05) is 31.3 Å². The van der Waals surface area contributed by atoms with Crippen LogP contribution in [0.1, 0.15) is 26.7 Å². The van der Waals surface area contributed by atoms with Gasteiger partial charge in [-0.2, -0.15) is 0 Å². The van der Waals surface area contributed by atoms with E-state index in [4.69, 9.17) is 16.3 Å². The minimum atomic E-state index is 0.393. The molecular weight excluding hydrogens is 234 g/mol. The van der Waals surface area contributed by atoms with E-state index in [1.165, 1.54) is 12.8 Å². The van der Waals surface area contributed by atoms with Gasteiger partial charge < -0.3 is 10.1 Å². The summed E-state index contributed by atoms with van der Waals surface area (Å²) in [6, 6.07) is 7.93. The van der Waals surface area contributed by atoms with Crippen LogP contribution in [0.5, 0.6) is 5.75 Å². The highest BCUT2D eigenvalue weighted by atomic mass is 35.5. The Balaban J connectivity index is 2.52. The minimum absolute atomic E-state index is 0.393. The third-order valence-corrected chi connectivity index (χ3v) is 3.45. The van der Waals surface area contributed by atoms with Crippen molar-refractivity contribution >= 4 is 11.6 Å². The smallest absolute Gasteiger partial charge is 0.120 e. The second-order valence-corrected chi connectivity index (χ2v) is 4.68. The van der Waals surface area contributed by atoms with E-state index in [0.29, 0.717) is 23.6 Å². The van der Waals surface area contributed by atoms with Crippen molar-refractivity contribution in [2.45, 2.75) is 32.7 Å². The van der Waals surface area contributed by atoms with Crippen molar-refractivity contribution in [1.29, 1.82) is 0 Å². The van der Waals surface area contributed by atoms with Crippen molar-refractivity contribution < 1.29 is 4.74 Å². The lowest BCUT2D eigenvalue weighted by molar-refractivity contribution is 0.216. The normalized spacial score (nSPS) is 12.8. The fourth-order valence-electron chi connectivity index (χ4n) is 2.06. The van der Waals surface area contributed by atoms with Gasteiger partial charge in [-0.1, -0.05) is 44.4 Å². The molecule has 1 unspecified atom stereocenters. The fraction of sp³-hybridized carbons (Fsp3) is 0.571. The lowest BCUT2D eigenvalue weighted by Gasteiger charge is -2.24. The van der Waals surface area contributed by atoms with E-state index in [0.717, 1.165) is 5.75 Å². The van der Waals surface area contributed by atoms with Gasteiger partial charge in [0.25, 0.3) is 0 Å².